The second-order valence-electron chi connectivity index (χ2n) is 13.1. The Labute approximate surface area is 270 Å². The van der Waals surface area contributed by atoms with E-state index in [1.54, 1.807) is 65.4 Å². The molecule has 2 N–H and O–H groups in total. The molecule has 0 radical (unpaired) electrons. The summed E-state index contributed by atoms with van der Waals surface area (Å²) in [4.78, 5) is 56.2. The van der Waals surface area contributed by atoms with Gasteiger partial charge in [-0.3, -0.25) is 19.2 Å². The predicted octanol–water partition coefficient (Wildman–Crippen LogP) is 4.78. The first-order chi connectivity index (χ1) is 21.9. The number of aliphatic hydroxyl groups excluding tert-OH is 1. The molecule has 0 aliphatic carbocycles. The van der Waals surface area contributed by atoms with Gasteiger partial charge in [0.25, 0.3) is 11.8 Å². The Morgan fingerprint density at radius 2 is 1.89 bits per heavy atom. The predicted molar refractivity (Wildman–Crippen MR) is 174 cm³/mol. The maximum atomic E-state index is 16.3. The van der Waals surface area contributed by atoms with Crippen molar-refractivity contribution in [2.24, 2.45) is 5.92 Å². The first-order valence-electron chi connectivity index (χ1n) is 16.1. The first kappa shape index (κ1) is 33.7. The zero-order valence-corrected chi connectivity index (χ0v) is 28.0. The minimum atomic E-state index is -3.52. The SMILES string of the molecule is COC(=O)CCCCN1C(=O)[C@@]2(O[C@@H](CC(=O)N3CCC[C@H]3CO)[C@H]([Si](C)(C)F)[C@H]2C)c2cc(NC(=O)c3ccccc3)ccc21. The highest BCUT2D eigenvalue weighted by Crippen LogP contribution is 2.60. The van der Waals surface area contributed by atoms with Crippen LogP contribution in [-0.4, -0.2) is 81.1 Å². The lowest BCUT2D eigenvalue weighted by atomic mass is 9.82. The monoisotopic (exact) mass is 653 g/mol. The molecule has 5 rings (SSSR count). The fourth-order valence-corrected chi connectivity index (χ4v) is 10.1. The van der Waals surface area contributed by atoms with Gasteiger partial charge in [0, 0.05) is 47.8 Å². The van der Waals surface area contributed by atoms with E-state index in [0.29, 0.717) is 54.9 Å². The number of methoxy groups -OCH3 is 1. The lowest BCUT2D eigenvalue weighted by Gasteiger charge is -2.31. The average Bonchev–Trinajstić information content (AvgIpc) is 3.69. The summed E-state index contributed by atoms with van der Waals surface area (Å²) in [7, 11) is -2.18. The van der Waals surface area contributed by atoms with Gasteiger partial charge in [0.2, 0.25) is 14.3 Å². The van der Waals surface area contributed by atoms with Gasteiger partial charge in [-0.15, -0.1) is 0 Å². The molecular weight excluding hydrogens is 609 g/mol. The van der Waals surface area contributed by atoms with Crippen molar-refractivity contribution in [3.63, 3.8) is 0 Å². The standard InChI is InChI=1S/C34H44FN3O7Si/c1-22-31(46(3,4)35)28(20-29(40)37-18-10-13-25(37)21-39)45-34(22)26-19-24(36-32(42)23-11-6-5-7-12-23)15-16-27(26)38(33(34)43)17-9-8-14-30(41)44-2/h5-7,11-12,15-16,19,22,25,28,31,39H,8-10,13-14,17-18,20-21H2,1-4H3,(H,36,42)/t22-,25+,28+,31-,34+/m1/s1. The van der Waals surface area contributed by atoms with Gasteiger partial charge in [0.15, 0.2) is 5.60 Å². The number of amides is 3. The third-order valence-corrected chi connectivity index (χ3v) is 12.2. The Balaban J connectivity index is 1.51. The van der Waals surface area contributed by atoms with E-state index in [4.69, 9.17) is 9.47 Å². The number of halogens is 1. The molecule has 3 aliphatic heterocycles. The highest BCUT2D eigenvalue weighted by atomic mass is 28.4. The molecule has 2 fully saturated rings. The molecule has 248 valence electrons. The smallest absolute Gasteiger partial charge is 0.305 e. The van der Waals surface area contributed by atoms with Gasteiger partial charge in [-0.1, -0.05) is 25.1 Å². The van der Waals surface area contributed by atoms with Crippen LogP contribution in [0.3, 0.4) is 0 Å². The number of unbranched alkanes of at least 4 members (excludes halogenated alkanes) is 1. The second-order valence-corrected chi connectivity index (χ2v) is 16.9. The molecule has 2 saturated heterocycles. The number of fused-ring (bicyclic) bond motifs is 2. The van der Waals surface area contributed by atoms with Crippen LogP contribution in [0.2, 0.25) is 18.6 Å². The molecule has 3 amide bonds. The third-order valence-electron chi connectivity index (χ3n) is 9.78. The fourth-order valence-electron chi connectivity index (χ4n) is 7.62. The number of carbonyl (C=O) groups excluding carboxylic acids is 4. The van der Waals surface area contributed by atoms with Crippen LogP contribution in [0.15, 0.2) is 48.5 Å². The summed E-state index contributed by atoms with van der Waals surface area (Å²) >= 11 is 0. The molecule has 3 heterocycles. The molecule has 5 atom stereocenters. The van der Waals surface area contributed by atoms with Crippen LogP contribution in [0.1, 0.15) is 61.4 Å². The highest BCUT2D eigenvalue weighted by molar-refractivity contribution is 6.72. The van der Waals surface area contributed by atoms with E-state index in [0.717, 1.165) is 6.42 Å². The molecule has 1 spiro atoms. The van der Waals surface area contributed by atoms with Gasteiger partial charge < -0.3 is 33.8 Å². The Kier molecular flexibility index (Phi) is 9.99. The third kappa shape index (κ3) is 6.34. The summed E-state index contributed by atoms with van der Waals surface area (Å²) in [5.41, 5.74) is -0.200. The summed E-state index contributed by atoms with van der Waals surface area (Å²) in [5.74, 6) is -1.82. The summed E-state index contributed by atoms with van der Waals surface area (Å²) in [6.45, 7) is 5.67. The van der Waals surface area contributed by atoms with Crippen molar-refractivity contribution in [2.75, 3.05) is 37.0 Å². The first-order valence-corrected chi connectivity index (χ1v) is 19.0. The molecule has 3 aliphatic rings. The summed E-state index contributed by atoms with van der Waals surface area (Å²) in [6, 6.07) is 13.7. The number of esters is 1. The fraction of sp³-hybridized carbons (Fsp3) is 0.529. The van der Waals surface area contributed by atoms with Gasteiger partial charge >= 0.3 is 5.97 Å². The van der Waals surface area contributed by atoms with Crippen LogP contribution in [0.25, 0.3) is 0 Å². The second kappa shape index (κ2) is 13.6. The van der Waals surface area contributed by atoms with Crippen molar-refractivity contribution in [1.82, 2.24) is 4.90 Å². The molecule has 0 unspecified atom stereocenters. The van der Waals surface area contributed by atoms with Crippen molar-refractivity contribution >= 4 is 43.5 Å². The molecule has 46 heavy (non-hydrogen) atoms. The van der Waals surface area contributed by atoms with E-state index in [-0.39, 0.29) is 49.2 Å². The number of hydrogen-bond donors (Lipinski definition) is 2. The van der Waals surface area contributed by atoms with Gasteiger partial charge in [-0.25, -0.2) is 0 Å². The van der Waals surface area contributed by atoms with E-state index in [1.807, 2.05) is 13.0 Å². The van der Waals surface area contributed by atoms with Crippen LogP contribution in [0, 0.1) is 5.92 Å². The van der Waals surface area contributed by atoms with Gasteiger partial charge in [-0.05, 0) is 69.1 Å². The molecule has 10 nitrogen and oxygen atoms in total. The van der Waals surface area contributed by atoms with Crippen LogP contribution < -0.4 is 10.2 Å². The van der Waals surface area contributed by atoms with Crippen molar-refractivity contribution in [1.29, 1.82) is 0 Å². The van der Waals surface area contributed by atoms with Gasteiger partial charge in [0.1, 0.15) is 0 Å². The zero-order chi connectivity index (χ0) is 33.2. The van der Waals surface area contributed by atoms with Crippen molar-refractivity contribution in [3.05, 3.63) is 59.7 Å². The minimum Gasteiger partial charge on any atom is -0.469 e. The Morgan fingerprint density at radius 3 is 2.57 bits per heavy atom. The molecule has 0 aromatic heterocycles. The maximum Gasteiger partial charge on any atom is 0.305 e. The largest absolute Gasteiger partial charge is 0.469 e. The average molecular weight is 654 g/mol. The quantitative estimate of drug-likeness (QED) is 0.155. The van der Waals surface area contributed by atoms with E-state index in [1.165, 1.54) is 7.11 Å². The van der Waals surface area contributed by atoms with Gasteiger partial charge in [-0.2, -0.15) is 0 Å². The molecule has 2 aromatic rings. The van der Waals surface area contributed by atoms with E-state index in [2.05, 4.69) is 5.32 Å². The molecule has 12 heteroatoms. The van der Waals surface area contributed by atoms with Crippen molar-refractivity contribution in [2.45, 2.75) is 81.8 Å². The maximum absolute atomic E-state index is 16.3. The van der Waals surface area contributed by atoms with E-state index >= 15 is 4.11 Å². The number of ether oxygens (including phenoxy) is 2. The highest BCUT2D eigenvalue weighted by Gasteiger charge is 2.67. The number of nitrogens with zero attached hydrogens (tertiary/aromatic N) is 2. The number of carbonyl (C=O) groups is 4. The van der Waals surface area contributed by atoms with Crippen molar-refractivity contribution < 1.29 is 37.9 Å². The Hall–Kier alpha value is -3.61. The topological polar surface area (TPSA) is 125 Å². The van der Waals surface area contributed by atoms with Crippen LogP contribution in [0.5, 0.6) is 0 Å². The number of hydrogen-bond acceptors (Lipinski definition) is 7. The summed E-state index contributed by atoms with van der Waals surface area (Å²) < 4.78 is 27.8. The van der Waals surface area contributed by atoms with Crippen LogP contribution >= 0.6 is 0 Å². The minimum absolute atomic E-state index is 0.0974. The number of rotatable bonds is 11. The molecule has 0 saturated carbocycles. The van der Waals surface area contributed by atoms with Gasteiger partial charge in [0.05, 0.1) is 38.0 Å². The number of nitrogens with one attached hydrogen (secondary N) is 1. The summed E-state index contributed by atoms with van der Waals surface area (Å²) in [5, 5.41) is 12.7. The number of aliphatic hydroxyl groups is 1. The number of anilines is 2. The van der Waals surface area contributed by atoms with Crippen molar-refractivity contribution in [3.8, 4) is 0 Å². The zero-order valence-electron chi connectivity index (χ0n) is 27.0. The summed E-state index contributed by atoms with van der Waals surface area (Å²) in [6.07, 6.45) is 1.77. The number of likely N-dealkylation sites (tertiary alicyclic amines) is 1. The molecule has 0 bridgehead atoms. The molecular formula is C34H44FN3O7Si. The van der Waals surface area contributed by atoms with Crippen LogP contribution in [-0.2, 0) is 29.5 Å². The normalized spacial score (nSPS) is 25.7. The van der Waals surface area contributed by atoms with E-state index in [9.17, 15) is 24.3 Å². The van der Waals surface area contributed by atoms with E-state index < -0.39 is 31.6 Å². The number of benzene rings is 2. The Bertz CT molecular complexity index is 1470. The van der Waals surface area contributed by atoms with Crippen LogP contribution in [0.4, 0.5) is 15.5 Å². The lowest BCUT2D eigenvalue weighted by molar-refractivity contribution is -0.150. The molecule has 2 aromatic carbocycles. The Morgan fingerprint density at radius 1 is 1.15 bits per heavy atom. The lowest BCUT2D eigenvalue weighted by Crippen LogP contribution is -2.45.